The zero-order valence-corrected chi connectivity index (χ0v) is 10.8. The number of nitrogens with one attached hydrogen (secondary N) is 1. The summed E-state index contributed by atoms with van der Waals surface area (Å²) in [5, 5.41) is 2.89. The van der Waals surface area contributed by atoms with Crippen LogP contribution in [0.25, 0.3) is 0 Å². The van der Waals surface area contributed by atoms with Gasteiger partial charge in [0.15, 0.2) is 0 Å². The molecule has 0 aliphatic carbocycles. The molecule has 15 heavy (non-hydrogen) atoms. The number of carbonyl (C=O) groups excluding carboxylic acids is 1. The Morgan fingerprint density at radius 2 is 2.07 bits per heavy atom. The minimum absolute atomic E-state index is 0.0521. The normalized spacial score (nSPS) is 12.2. The monoisotopic (exact) mass is 318 g/mol. The van der Waals surface area contributed by atoms with Crippen LogP contribution < -0.4 is 11.1 Å². The second-order valence-corrected chi connectivity index (χ2v) is 4.57. The van der Waals surface area contributed by atoms with Crippen molar-refractivity contribution < 1.29 is 4.79 Å². The topological polar surface area (TPSA) is 55.1 Å². The van der Waals surface area contributed by atoms with Crippen LogP contribution in [0.4, 0.5) is 0 Å². The number of hydrogen-bond acceptors (Lipinski definition) is 2. The molecule has 0 heterocycles. The van der Waals surface area contributed by atoms with Crippen LogP contribution in [0.2, 0.25) is 0 Å². The van der Waals surface area contributed by atoms with E-state index in [1.54, 1.807) is 0 Å². The van der Waals surface area contributed by atoms with Crippen molar-refractivity contribution in [3.05, 3.63) is 33.4 Å². The molecule has 0 fully saturated rings. The number of benzene rings is 1. The van der Waals surface area contributed by atoms with Crippen LogP contribution in [0.5, 0.6) is 0 Å². The number of halogens is 1. The highest BCUT2D eigenvalue weighted by molar-refractivity contribution is 14.1. The molecule has 0 spiro atoms. The largest absolute Gasteiger partial charge is 0.348 e. The maximum absolute atomic E-state index is 11.7. The second kappa shape index (κ2) is 6.07. The van der Waals surface area contributed by atoms with Gasteiger partial charge in [-0.25, -0.2) is 0 Å². The smallest absolute Gasteiger partial charge is 0.251 e. The van der Waals surface area contributed by atoms with Crippen molar-refractivity contribution in [3.8, 4) is 0 Å². The van der Waals surface area contributed by atoms with Crippen molar-refractivity contribution in [2.24, 2.45) is 5.73 Å². The van der Waals surface area contributed by atoms with Crippen LogP contribution in [0, 0.1) is 3.57 Å². The van der Waals surface area contributed by atoms with Crippen molar-refractivity contribution in [3.63, 3.8) is 0 Å². The maximum Gasteiger partial charge on any atom is 0.251 e. The summed E-state index contributed by atoms with van der Waals surface area (Å²) < 4.78 is 1.12. The summed E-state index contributed by atoms with van der Waals surface area (Å²) in [4.78, 5) is 11.7. The Kier molecular flexibility index (Phi) is 5.04. The molecule has 1 aromatic rings. The van der Waals surface area contributed by atoms with Gasteiger partial charge in [0, 0.05) is 21.7 Å². The van der Waals surface area contributed by atoms with Crippen LogP contribution in [0.1, 0.15) is 23.7 Å². The third kappa shape index (κ3) is 3.79. The molecule has 0 aliphatic rings. The minimum Gasteiger partial charge on any atom is -0.348 e. The summed E-state index contributed by atoms with van der Waals surface area (Å²) in [6.07, 6.45) is 0.854. The Bertz CT molecular complexity index is 320. The van der Waals surface area contributed by atoms with Gasteiger partial charge in [-0.1, -0.05) is 6.92 Å². The molecular weight excluding hydrogens is 303 g/mol. The van der Waals surface area contributed by atoms with E-state index in [1.165, 1.54) is 0 Å². The average molecular weight is 318 g/mol. The highest BCUT2D eigenvalue weighted by Crippen LogP contribution is 2.06. The van der Waals surface area contributed by atoms with Crippen LogP contribution in [0.15, 0.2) is 24.3 Å². The summed E-state index contributed by atoms with van der Waals surface area (Å²) >= 11 is 2.21. The first-order valence-electron chi connectivity index (χ1n) is 4.94. The third-order valence-corrected chi connectivity index (χ3v) is 2.94. The molecule has 1 atom stereocenters. The molecule has 1 amide bonds. The highest BCUT2D eigenvalue weighted by atomic mass is 127. The molecule has 1 unspecified atom stereocenters. The van der Waals surface area contributed by atoms with E-state index in [0.717, 1.165) is 9.99 Å². The van der Waals surface area contributed by atoms with Gasteiger partial charge < -0.3 is 11.1 Å². The molecule has 4 heteroatoms. The molecule has 82 valence electrons. The molecule has 0 bridgehead atoms. The lowest BCUT2D eigenvalue weighted by Gasteiger charge is -2.14. The fourth-order valence-corrected chi connectivity index (χ4v) is 1.56. The van der Waals surface area contributed by atoms with Crippen molar-refractivity contribution >= 4 is 28.5 Å². The first kappa shape index (κ1) is 12.4. The zero-order valence-electron chi connectivity index (χ0n) is 8.66. The summed E-state index contributed by atoms with van der Waals surface area (Å²) in [5.74, 6) is -0.0521. The van der Waals surface area contributed by atoms with E-state index in [1.807, 2.05) is 31.2 Å². The van der Waals surface area contributed by atoms with E-state index in [0.29, 0.717) is 12.1 Å². The molecule has 0 aromatic heterocycles. The lowest BCUT2D eigenvalue weighted by molar-refractivity contribution is 0.0937. The van der Waals surface area contributed by atoms with E-state index < -0.39 is 0 Å². The number of rotatable bonds is 4. The Hall–Kier alpha value is -0.620. The van der Waals surface area contributed by atoms with Gasteiger partial charge in [-0.3, -0.25) is 4.79 Å². The Balaban J connectivity index is 2.64. The molecule has 0 saturated carbocycles. The Labute approximate surface area is 104 Å². The summed E-state index contributed by atoms with van der Waals surface area (Å²) in [6.45, 7) is 2.48. The predicted molar refractivity (Wildman–Crippen MR) is 69.8 cm³/mol. The summed E-state index contributed by atoms with van der Waals surface area (Å²) in [7, 11) is 0. The zero-order chi connectivity index (χ0) is 11.3. The summed E-state index contributed by atoms with van der Waals surface area (Å²) in [5.41, 5.74) is 6.20. The standard InChI is InChI=1S/C11H15IN2O/c1-2-10(7-13)14-11(15)8-3-5-9(12)6-4-8/h3-6,10H,2,7,13H2,1H3,(H,14,15). The van der Waals surface area contributed by atoms with Crippen LogP contribution >= 0.6 is 22.6 Å². The fraction of sp³-hybridized carbons (Fsp3) is 0.364. The predicted octanol–water partition coefficient (Wildman–Crippen LogP) is 1.76. The molecule has 1 rings (SSSR count). The van der Waals surface area contributed by atoms with Crippen LogP contribution in [-0.4, -0.2) is 18.5 Å². The van der Waals surface area contributed by atoms with E-state index in [2.05, 4.69) is 27.9 Å². The van der Waals surface area contributed by atoms with Crippen molar-refractivity contribution in [2.45, 2.75) is 19.4 Å². The summed E-state index contributed by atoms with van der Waals surface area (Å²) in [6, 6.07) is 7.54. The van der Waals surface area contributed by atoms with Gasteiger partial charge in [-0.05, 0) is 53.3 Å². The third-order valence-electron chi connectivity index (χ3n) is 2.22. The second-order valence-electron chi connectivity index (χ2n) is 3.32. The highest BCUT2D eigenvalue weighted by Gasteiger charge is 2.09. The van der Waals surface area contributed by atoms with E-state index in [-0.39, 0.29) is 11.9 Å². The SMILES string of the molecule is CCC(CN)NC(=O)c1ccc(I)cc1. The first-order chi connectivity index (χ1) is 7.17. The van der Waals surface area contributed by atoms with Gasteiger partial charge in [0.25, 0.3) is 5.91 Å². The van der Waals surface area contributed by atoms with E-state index >= 15 is 0 Å². The lowest BCUT2D eigenvalue weighted by Crippen LogP contribution is -2.39. The number of hydrogen-bond donors (Lipinski definition) is 2. The van der Waals surface area contributed by atoms with Crippen LogP contribution in [0.3, 0.4) is 0 Å². The molecule has 3 N–H and O–H groups in total. The van der Waals surface area contributed by atoms with Gasteiger partial charge in [0.1, 0.15) is 0 Å². The van der Waals surface area contributed by atoms with Crippen molar-refractivity contribution in [2.75, 3.05) is 6.54 Å². The molecule has 3 nitrogen and oxygen atoms in total. The average Bonchev–Trinajstić information content (AvgIpc) is 2.26. The van der Waals surface area contributed by atoms with Crippen molar-refractivity contribution in [1.29, 1.82) is 0 Å². The first-order valence-corrected chi connectivity index (χ1v) is 6.01. The fourth-order valence-electron chi connectivity index (χ4n) is 1.20. The number of carbonyl (C=O) groups is 1. The van der Waals surface area contributed by atoms with E-state index in [4.69, 9.17) is 5.73 Å². The maximum atomic E-state index is 11.7. The minimum atomic E-state index is -0.0521. The Morgan fingerprint density at radius 1 is 1.47 bits per heavy atom. The lowest BCUT2D eigenvalue weighted by atomic mass is 10.1. The van der Waals surface area contributed by atoms with Gasteiger partial charge in [-0.15, -0.1) is 0 Å². The molecule has 0 radical (unpaired) electrons. The molecular formula is C11H15IN2O. The number of nitrogens with two attached hydrogens (primary N) is 1. The van der Waals surface area contributed by atoms with Gasteiger partial charge in [-0.2, -0.15) is 0 Å². The van der Waals surface area contributed by atoms with Crippen molar-refractivity contribution in [1.82, 2.24) is 5.32 Å². The quantitative estimate of drug-likeness (QED) is 0.831. The van der Waals surface area contributed by atoms with Gasteiger partial charge in [0.05, 0.1) is 0 Å². The number of amides is 1. The van der Waals surface area contributed by atoms with Gasteiger partial charge >= 0.3 is 0 Å². The van der Waals surface area contributed by atoms with E-state index in [9.17, 15) is 4.79 Å². The molecule has 0 saturated heterocycles. The van der Waals surface area contributed by atoms with Crippen LogP contribution in [-0.2, 0) is 0 Å². The molecule has 1 aromatic carbocycles. The van der Waals surface area contributed by atoms with Gasteiger partial charge in [0.2, 0.25) is 0 Å². The molecule has 0 aliphatic heterocycles. The Morgan fingerprint density at radius 3 is 2.53 bits per heavy atom.